The van der Waals surface area contributed by atoms with Crippen LogP contribution in [0.1, 0.15) is 16.0 Å². The van der Waals surface area contributed by atoms with E-state index >= 15 is 0 Å². The van der Waals surface area contributed by atoms with Crippen LogP contribution in [0.4, 0.5) is 5.69 Å². The van der Waals surface area contributed by atoms with E-state index in [1.165, 1.54) is 16.2 Å². The molecule has 0 fully saturated rings. The molecule has 1 aromatic heterocycles. The molecule has 0 aliphatic carbocycles. The fourth-order valence-corrected chi connectivity index (χ4v) is 4.01. The second-order valence-corrected chi connectivity index (χ2v) is 7.66. The monoisotopic (exact) mass is 404 g/mol. The minimum absolute atomic E-state index is 0.204. The highest BCUT2D eigenvalue weighted by Gasteiger charge is 2.39. The number of hydrogen-bond acceptors (Lipinski definition) is 5. The van der Waals surface area contributed by atoms with Crippen LogP contribution in [0.15, 0.2) is 71.7 Å². The van der Waals surface area contributed by atoms with E-state index in [0.717, 1.165) is 27.4 Å². The second kappa shape index (κ2) is 7.93. The van der Waals surface area contributed by atoms with Crippen LogP contribution in [-0.4, -0.2) is 23.8 Å². The molecule has 1 aliphatic heterocycles. The van der Waals surface area contributed by atoms with Crippen molar-refractivity contribution < 1.29 is 14.3 Å². The molecule has 2 amide bonds. The van der Waals surface area contributed by atoms with Gasteiger partial charge in [-0.3, -0.25) is 14.5 Å². The normalized spacial score (nSPS) is 13.9. The van der Waals surface area contributed by atoms with E-state index in [1.807, 2.05) is 73.0 Å². The second-order valence-electron chi connectivity index (χ2n) is 6.71. The van der Waals surface area contributed by atoms with Crippen LogP contribution in [0.25, 0.3) is 5.57 Å². The van der Waals surface area contributed by atoms with Gasteiger partial charge in [0.15, 0.2) is 0 Å². The number of aryl methyl sites for hydroxylation is 1. The number of amides is 2. The SMILES string of the molecule is COc1ccc(CN2C(=O)C(Nc3ccccc3C)=C(c3cccs3)C2=O)cc1. The maximum atomic E-state index is 13.2. The van der Waals surface area contributed by atoms with Crippen LogP contribution in [0.5, 0.6) is 5.75 Å². The van der Waals surface area contributed by atoms with Gasteiger partial charge in [0.05, 0.1) is 19.2 Å². The fraction of sp³-hybridized carbons (Fsp3) is 0.130. The van der Waals surface area contributed by atoms with Gasteiger partial charge in [-0.2, -0.15) is 0 Å². The van der Waals surface area contributed by atoms with E-state index < -0.39 is 0 Å². The van der Waals surface area contributed by atoms with Crippen LogP contribution < -0.4 is 10.1 Å². The highest BCUT2D eigenvalue weighted by atomic mass is 32.1. The van der Waals surface area contributed by atoms with Gasteiger partial charge in [-0.25, -0.2) is 0 Å². The number of ether oxygens (including phenoxy) is 1. The van der Waals surface area contributed by atoms with Crippen molar-refractivity contribution in [2.75, 3.05) is 12.4 Å². The van der Waals surface area contributed by atoms with E-state index in [-0.39, 0.29) is 18.4 Å². The number of imide groups is 1. The molecule has 2 heterocycles. The zero-order valence-electron chi connectivity index (χ0n) is 16.1. The van der Waals surface area contributed by atoms with Gasteiger partial charge < -0.3 is 10.1 Å². The lowest BCUT2D eigenvalue weighted by Gasteiger charge is -2.16. The first kappa shape index (κ1) is 19.0. The van der Waals surface area contributed by atoms with Gasteiger partial charge in [0.25, 0.3) is 11.8 Å². The van der Waals surface area contributed by atoms with Crippen LogP contribution in [0.3, 0.4) is 0 Å². The smallest absolute Gasteiger partial charge is 0.278 e. The van der Waals surface area contributed by atoms with Crippen molar-refractivity contribution in [3.8, 4) is 5.75 Å². The van der Waals surface area contributed by atoms with Gasteiger partial charge >= 0.3 is 0 Å². The fourth-order valence-electron chi connectivity index (χ4n) is 3.25. The zero-order chi connectivity index (χ0) is 20.4. The maximum Gasteiger partial charge on any atom is 0.278 e. The molecule has 4 rings (SSSR count). The van der Waals surface area contributed by atoms with Gasteiger partial charge in [0.1, 0.15) is 11.4 Å². The average molecular weight is 404 g/mol. The average Bonchev–Trinajstić information content (AvgIpc) is 3.33. The molecule has 29 heavy (non-hydrogen) atoms. The van der Waals surface area contributed by atoms with Crippen molar-refractivity contribution in [2.45, 2.75) is 13.5 Å². The standard InChI is InChI=1S/C23H20N2O3S/c1-15-6-3-4-7-18(15)24-21-20(19-8-5-13-29-19)22(26)25(23(21)27)14-16-9-11-17(28-2)12-10-16/h3-13,24H,14H2,1-2H3. The molecule has 3 aromatic rings. The summed E-state index contributed by atoms with van der Waals surface area (Å²) >= 11 is 1.44. The van der Waals surface area contributed by atoms with Crippen molar-refractivity contribution in [1.29, 1.82) is 0 Å². The molecule has 0 saturated carbocycles. The molecule has 0 radical (unpaired) electrons. The summed E-state index contributed by atoms with van der Waals surface area (Å²) in [5.41, 5.74) is 3.40. The predicted octanol–water partition coefficient (Wildman–Crippen LogP) is 4.46. The number of hydrogen-bond donors (Lipinski definition) is 1. The molecule has 5 nitrogen and oxygen atoms in total. The number of nitrogens with zero attached hydrogens (tertiary/aromatic N) is 1. The maximum absolute atomic E-state index is 13.2. The number of anilines is 1. The van der Waals surface area contributed by atoms with E-state index in [2.05, 4.69) is 5.32 Å². The van der Waals surface area contributed by atoms with Gasteiger partial charge in [-0.05, 0) is 47.7 Å². The minimum Gasteiger partial charge on any atom is -0.497 e. The largest absolute Gasteiger partial charge is 0.497 e. The summed E-state index contributed by atoms with van der Waals surface area (Å²) in [6, 6.07) is 18.8. The Bertz CT molecular complexity index is 1090. The zero-order valence-corrected chi connectivity index (χ0v) is 17.0. The Labute approximate surface area is 173 Å². The molecular weight excluding hydrogens is 384 g/mol. The number of carbonyl (C=O) groups excluding carboxylic acids is 2. The summed E-state index contributed by atoms with van der Waals surface area (Å²) in [7, 11) is 1.60. The van der Waals surface area contributed by atoms with Gasteiger partial charge in [-0.1, -0.05) is 36.4 Å². The third kappa shape index (κ3) is 3.67. The first-order valence-electron chi connectivity index (χ1n) is 9.18. The lowest BCUT2D eigenvalue weighted by Crippen LogP contribution is -2.32. The van der Waals surface area contributed by atoms with E-state index in [4.69, 9.17) is 4.74 Å². The van der Waals surface area contributed by atoms with Crippen LogP contribution in [0, 0.1) is 6.92 Å². The highest BCUT2D eigenvalue weighted by Crippen LogP contribution is 2.34. The Hall–Kier alpha value is -3.38. The Kier molecular flexibility index (Phi) is 5.18. The highest BCUT2D eigenvalue weighted by molar-refractivity contribution is 7.11. The van der Waals surface area contributed by atoms with E-state index in [9.17, 15) is 9.59 Å². The van der Waals surface area contributed by atoms with Crippen LogP contribution >= 0.6 is 11.3 Å². The number of rotatable bonds is 6. The van der Waals surface area contributed by atoms with Crippen molar-refractivity contribution in [2.24, 2.45) is 0 Å². The van der Waals surface area contributed by atoms with Gasteiger partial charge in [-0.15, -0.1) is 11.3 Å². The van der Waals surface area contributed by atoms with Crippen molar-refractivity contribution in [3.05, 3.63) is 87.7 Å². The Morgan fingerprint density at radius 3 is 2.38 bits per heavy atom. The molecule has 0 unspecified atom stereocenters. The number of nitrogens with one attached hydrogen (secondary N) is 1. The summed E-state index contributed by atoms with van der Waals surface area (Å²) in [5, 5.41) is 5.12. The third-order valence-corrected chi connectivity index (χ3v) is 5.73. The Morgan fingerprint density at radius 2 is 1.72 bits per heavy atom. The molecular formula is C23H20N2O3S. The molecule has 0 atom stereocenters. The number of methoxy groups -OCH3 is 1. The summed E-state index contributed by atoms with van der Waals surface area (Å²) in [5.74, 6) is 0.119. The molecule has 0 bridgehead atoms. The molecule has 0 saturated heterocycles. The lowest BCUT2D eigenvalue weighted by molar-refractivity contribution is -0.137. The van der Waals surface area contributed by atoms with Crippen molar-refractivity contribution >= 4 is 34.4 Å². The molecule has 146 valence electrons. The number of carbonyl (C=O) groups is 2. The van der Waals surface area contributed by atoms with Gasteiger partial charge in [0, 0.05) is 10.6 Å². The summed E-state index contributed by atoms with van der Waals surface area (Å²) in [6.07, 6.45) is 0. The topological polar surface area (TPSA) is 58.6 Å². The lowest BCUT2D eigenvalue weighted by atomic mass is 10.1. The third-order valence-electron chi connectivity index (χ3n) is 4.84. The quantitative estimate of drug-likeness (QED) is 0.617. The van der Waals surface area contributed by atoms with Crippen molar-refractivity contribution in [1.82, 2.24) is 4.90 Å². The van der Waals surface area contributed by atoms with Gasteiger partial charge in [0.2, 0.25) is 0 Å². The predicted molar refractivity (Wildman–Crippen MR) is 115 cm³/mol. The van der Waals surface area contributed by atoms with Crippen LogP contribution in [0.2, 0.25) is 0 Å². The van der Waals surface area contributed by atoms with E-state index in [1.54, 1.807) is 7.11 Å². The Balaban J connectivity index is 1.68. The Morgan fingerprint density at radius 1 is 0.966 bits per heavy atom. The minimum atomic E-state index is -0.322. The summed E-state index contributed by atoms with van der Waals surface area (Å²) < 4.78 is 5.18. The molecule has 2 aromatic carbocycles. The first-order valence-corrected chi connectivity index (χ1v) is 10.1. The molecule has 6 heteroatoms. The molecule has 0 spiro atoms. The van der Waals surface area contributed by atoms with E-state index in [0.29, 0.717) is 11.3 Å². The summed E-state index contributed by atoms with van der Waals surface area (Å²) in [4.78, 5) is 28.5. The number of thiophene rings is 1. The van der Waals surface area contributed by atoms with Crippen molar-refractivity contribution in [3.63, 3.8) is 0 Å². The molecule has 1 aliphatic rings. The number of benzene rings is 2. The van der Waals surface area contributed by atoms with Crippen LogP contribution in [-0.2, 0) is 16.1 Å². The molecule has 1 N–H and O–H groups in total. The first-order chi connectivity index (χ1) is 14.1. The summed E-state index contributed by atoms with van der Waals surface area (Å²) in [6.45, 7) is 2.17. The number of para-hydroxylation sites is 1.